The molecule has 2 aromatic rings. The quantitative estimate of drug-likeness (QED) is 0.620. The van der Waals surface area contributed by atoms with Crippen molar-refractivity contribution in [2.45, 2.75) is 39.8 Å². The normalized spacial score (nSPS) is 12.9. The molecular weight excluding hydrogens is 330 g/mol. The van der Waals surface area contributed by atoms with Crippen molar-refractivity contribution in [3.05, 3.63) is 46.0 Å². The molecule has 1 unspecified atom stereocenters. The van der Waals surface area contributed by atoms with Crippen molar-refractivity contribution in [3.8, 4) is 0 Å². The number of nitrogens with zero attached hydrogens (tertiary/aromatic N) is 3. The molecule has 1 heterocycles. The lowest BCUT2D eigenvalue weighted by Gasteiger charge is -2.18. The Morgan fingerprint density at radius 3 is 2.76 bits per heavy atom. The molecule has 6 heteroatoms. The van der Waals surface area contributed by atoms with Crippen LogP contribution in [0.15, 0.2) is 29.0 Å². The number of halogens is 1. The summed E-state index contributed by atoms with van der Waals surface area (Å²) in [5, 5.41) is 4.30. The highest BCUT2D eigenvalue weighted by Gasteiger charge is 2.17. The third-order valence-corrected chi connectivity index (χ3v) is 4.04. The predicted molar refractivity (Wildman–Crippen MR) is 87.5 cm³/mol. The van der Waals surface area contributed by atoms with Gasteiger partial charge in [-0.1, -0.05) is 41.9 Å². The van der Waals surface area contributed by atoms with E-state index < -0.39 is 0 Å². The van der Waals surface area contributed by atoms with Gasteiger partial charge in [-0.3, -0.25) is 11.3 Å². The van der Waals surface area contributed by atoms with Gasteiger partial charge >= 0.3 is 0 Å². The van der Waals surface area contributed by atoms with E-state index in [0.717, 1.165) is 22.4 Å². The van der Waals surface area contributed by atoms with Crippen molar-refractivity contribution in [2.24, 2.45) is 11.8 Å². The zero-order valence-corrected chi connectivity index (χ0v) is 14.3. The van der Waals surface area contributed by atoms with Crippen molar-refractivity contribution in [3.63, 3.8) is 0 Å². The molecule has 2 rings (SSSR count). The van der Waals surface area contributed by atoms with Gasteiger partial charge in [-0.25, -0.2) is 9.67 Å². The zero-order chi connectivity index (χ0) is 15.4. The average Bonchev–Trinajstić information content (AvgIpc) is 2.83. The van der Waals surface area contributed by atoms with Crippen LogP contribution in [0.1, 0.15) is 36.8 Å². The summed E-state index contributed by atoms with van der Waals surface area (Å²) in [4.78, 5) is 4.37. The summed E-state index contributed by atoms with van der Waals surface area (Å²) in [5.41, 5.74) is 5.23. The minimum Gasteiger partial charge on any atom is -0.271 e. The minimum absolute atomic E-state index is 0.00455. The number of aromatic nitrogens is 3. The van der Waals surface area contributed by atoms with Crippen LogP contribution in [0.3, 0.4) is 0 Å². The lowest BCUT2D eigenvalue weighted by molar-refractivity contribution is 0.446. The van der Waals surface area contributed by atoms with Gasteiger partial charge in [0.1, 0.15) is 12.2 Å². The topological polar surface area (TPSA) is 68.8 Å². The molecule has 1 atom stereocenters. The number of aryl methyl sites for hydroxylation is 1. The van der Waals surface area contributed by atoms with Crippen molar-refractivity contribution in [1.82, 2.24) is 20.2 Å². The molecule has 3 N–H and O–H groups in total. The van der Waals surface area contributed by atoms with Gasteiger partial charge in [-0.05, 0) is 30.0 Å². The van der Waals surface area contributed by atoms with Crippen LogP contribution in [0.5, 0.6) is 0 Å². The first-order valence-corrected chi connectivity index (χ1v) is 7.89. The summed E-state index contributed by atoms with van der Waals surface area (Å²) in [5.74, 6) is 7.22. The molecule has 21 heavy (non-hydrogen) atoms. The van der Waals surface area contributed by atoms with E-state index in [4.69, 9.17) is 5.84 Å². The minimum atomic E-state index is -0.00455. The maximum Gasteiger partial charge on any atom is 0.138 e. The summed E-state index contributed by atoms with van der Waals surface area (Å²) < 4.78 is 3.01. The number of nitrogens with one attached hydrogen (secondary N) is 1. The molecule has 0 radical (unpaired) electrons. The number of nitrogens with two attached hydrogens (primary N) is 1. The first-order chi connectivity index (χ1) is 10.0. The van der Waals surface area contributed by atoms with E-state index in [1.807, 2.05) is 4.68 Å². The van der Waals surface area contributed by atoms with E-state index in [1.165, 1.54) is 5.56 Å². The van der Waals surface area contributed by atoms with Crippen LogP contribution in [0, 0.1) is 12.8 Å². The van der Waals surface area contributed by atoms with Crippen LogP contribution in [-0.4, -0.2) is 14.8 Å². The van der Waals surface area contributed by atoms with Crippen LogP contribution < -0.4 is 11.3 Å². The standard InChI is InChI=1S/C15H22BrN5/c1-10(2)8-21-15(18-9-19-21)7-14(20-17)12-5-4-11(3)6-13(12)16/h4-6,9-10,14,20H,7-8,17H2,1-3H3. The Bertz CT molecular complexity index is 593. The Balaban J connectivity index is 2.21. The molecular formula is C15H22BrN5. The number of hydrazine groups is 1. The maximum absolute atomic E-state index is 5.75. The van der Waals surface area contributed by atoms with E-state index in [9.17, 15) is 0 Å². The van der Waals surface area contributed by atoms with Gasteiger partial charge in [0, 0.05) is 17.4 Å². The molecule has 0 aliphatic heterocycles. The molecule has 1 aromatic heterocycles. The lowest BCUT2D eigenvalue weighted by Crippen LogP contribution is -2.31. The van der Waals surface area contributed by atoms with Crippen molar-refractivity contribution in [1.29, 1.82) is 0 Å². The zero-order valence-electron chi connectivity index (χ0n) is 12.7. The highest BCUT2D eigenvalue weighted by molar-refractivity contribution is 9.10. The Labute approximate surface area is 134 Å². The lowest BCUT2D eigenvalue weighted by atomic mass is 10.0. The number of hydrogen-bond donors (Lipinski definition) is 2. The van der Waals surface area contributed by atoms with Gasteiger partial charge in [0.25, 0.3) is 0 Å². The first-order valence-electron chi connectivity index (χ1n) is 7.10. The highest BCUT2D eigenvalue weighted by Crippen LogP contribution is 2.26. The predicted octanol–water partition coefficient (Wildman–Crippen LogP) is 2.75. The van der Waals surface area contributed by atoms with E-state index in [2.05, 4.69) is 70.4 Å². The Morgan fingerprint density at radius 1 is 1.38 bits per heavy atom. The molecule has 0 saturated carbocycles. The monoisotopic (exact) mass is 351 g/mol. The molecule has 0 aliphatic carbocycles. The maximum atomic E-state index is 5.75. The van der Waals surface area contributed by atoms with Gasteiger partial charge < -0.3 is 0 Å². The van der Waals surface area contributed by atoms with E-state index in [1.54, 1.807) is 6.33 Å². The van der Waals surface area contributed by atoms with Crippen LogP contribution in [0.4, 0.5) is 0 Å². The first kappa shape index (κ1) is 16.1. The summed E-state index contributed by atoms with van der Waals surface area (Å²) in [6.07, 6.45) is 2.31. The SMILES string of the molecule is Cc1ccc(C(Cc2ncnn2CC(C)C)NN)c(Br)c1. The largest absolute Gasteiger partial charge is 0.271 e. The van der Waals surface area contributed by atoms with Crippen LogP contribution in [0.2, 0.25) is 0 Å². The molecule has 0 saturated heterocycles. The molecule has 0 spiro atoms. The third-order valence-electron chi connectivity index (χ3n) is 3.35. The van der Waals surface area contributed by atoms with Gasteiger partial charge in [-0.15, -0.1) is 0 Å². The molecule has 0 fully saturated rings. The van der Waals surface area contributed by atoms with Crippen molar-refractivity contribution >= 4 is 15.9 Å². The fourth-order valence-corrected chi connectivity index (χ4v) is 3.07. The van der Waals surface area contributed by atoms with Gasteiger partial charge in [-0.2, -0.15) is 5.10 Å². The molecule has 1 aromatic carbocycles. The van der Waals surface area contributed by atoms with E-state index in [-0.39, 0.29) is 6.04 Å². The second-order valence-corrected chi connectivity index (χ2v) is 6.55. The second kappa shape index (κ2) is 7.15. The summed E-state index contributed by atoms with van der Waals surface area (Å²) >= 11 is 3.61. The summed E-state index contributed by atoms with van der Waals surface area (Å²) in [6.45, 7) is 7.27. The molecule has 0 aliphatic rings. The third kappa shape index (κ3) is 4.12. The smallest absolute Gasteiger partial charge is 0.138 e. The Hall–Kier alpha value is -1.24. The van der Waals surface area contributed by atoms with Crippen molar-refractivity contribution < 1.29 is 0 Å². The fourth-order valence-electron chi connectivity index (χ4n) is 2.30. The van der Waals surface area contributed by atoms with Gasteiger partial charge in [0.05, 0.1) is 6.04 Å². The molecule has 0 bridgehead atoms. The molecule has 5 nitrogen and oxygen atoms in total. The number of benzene rings is 1. The van der Waals surface area contributed by atoms with E-state index >= 15 is 0 Å². The Morgan fingerprint density at radius 2 is 2.14 bits per heavy atom. The van der Waals surface area contributed by atoms with Gasteiger partial charge in [0.15, 0.2) is 0 Å². The van der Waals surface area contributed by atoms with E-state index in [0.29, 0.717) is 12.3 Å². The second-order valence-electron chi connectivity index (χ2n) is 5.70. The highest BCUT2D eigenvalue weighted by atomic mass is 79.9. The van der Waals surface area contributed by atoms with Gasteiger partial charge in [0.2, 0.25) is 0 Å². The molecule has 0 amide bonds. The summed E-state index contributed by atoms with van der Waals surface area (Å²) in [6, 6.07) is 6.27. The van der Waals surface area contributed by atoms with Crippen LogP contribution in [-0.2, 0) is 13.0 Å². The number of rotatable bonds is 6. The van der Waals surface area contributed by atoms with Crippen molar-refractivity contribution in [2.75, 3.05) is 0 Å². The fraction of sp³-hybridized carbons (Fsp3) is 0.467. The van der Waals surface area contributed by atoms with Crippen LogP contribution in [0.25, 0.3) is 0 Å². The van der Waals surface area contributed by atoms with Crippen LogP contribution >= 0.6 is 15.9 Å². The molecule has 114 valence electrons. The average molecular weight is 352 g/mol. The summed E-state index contributed by atoms with van der Waals surface area (Å²) in [7, 11) is 0. The Kier molecular flexibility index (Phi) is 5.50. The number of hydrogen-bond acceptors (Lipinski definition) is 4.